The first-order chi connectivity index (χ1) is 15.7. The highest BCUT2D eigenvalue weighted by atomic mass is 16.6. The Hall–Kier alpha value is -3.69. The molecule has 2 amide bonds. The van der Waals surface area contributed by atoms with E-state index in [0.29, 0.717) is 10.2 Å². The number of alkyl carbamates (subject to hydrolysis) is 1. The van der Waals surface area contributed by atoms with E-state index < -0.39 is 47.2 Å². The van der Waals surface area contributed by atoms with Crippen molar-refractivity contribution in [1.82, 2.24) is 15.3 Å². The molecule has 0 aliphatic carbocycles. The van der Waals surface area contributed by atoms with E-state index >= 15 is 0 Å². The largest absolute Gasteiger partial charge is 0.493 e. The number of Topliss-reactive ketones (excluding diaryl/α,β-unsaturated/α-hetero) is 1. The SMILES string of the molecule is Cc1c(C(=O)[C@@H](NC(=O)C[C@H](NC(=O)OC(C)(C)C)c2ccccc2)C(C)C)c(O)n(N)c1O. The number of aromatic nitrogens is 1. The average Bonchev–Trinajstić information content (AvgIpc) is 2.93. The zero-order chi connectivity index (χ0) is 25.8. The lowest BCUT2D eigenvalue weighted by atomic mass is 9.93. The van der Waals surface area contributed by atoms with Crippen molar-refractivity contribution in [2.24, 2.45) is 5.92 Å². The number of aromatic hydroxyl groups is 2. The summed E-state index contributed by atoms with van der Waals surface area (Å²) in [5.74, 6) is 3.11. The number of hydrogen-bond acceptors (Lipinski definition) is 7. The second-order valence-electron chi connectivity index (χ2n) is 9.48. The van der Waals surface area contributed by atoms with Crippen LogP contribution in [0.4, 0.5) is 4.79 Å². The molecule has 186 valence electrons. The summed E-state index contributed by atoms with van der Waals surface area (Å²) in [4.78, 5) is 38.5. The molecule has 0 radical (unpaired) electrons. The second kappa shape index (κ2) is 10.5. The van der Waals surface area contributed by atoms with Gasteiger partial charge in [0.2, 0.25) is 17.7 Å². The van der Waals surface area contributed by atoms with Crippen molar-refractivity contribution in [2.75, 3.05) is 5.84 Å². The van der Waals surface area contributed by atoms with Crippen LogP contribution in [0.3, 0.4) is 0 Å². The van der Waals surface area contributed by atoms with Crippen molar-refractivity contribution in [2.45, 2.75) is 65.6 Å². The fourth-order valence-electron chi connectivity index (χ4n) is 3.47. The van der Waals surface area contributed by atoms with Crippen LogP contribution in [0.1, 0.15) is 68.6 Å². The Labute approximate surface area is 199 Å². The minimum atomic E-state index is -1.00. The first-order valence-electron chi connectivity index (χ1n) is 11.0. The normalized spacial score (nSPS) is 13.3. The van der Waals surface area contributed by atoms with Gasteiger partial charge < -0.3 is 31.4 Å². The Morgan fingerprint density at radius 3 is 2.12 bits per heavy atom. The molecular formula is C24H34N4O6. The summed E-state index contributed by atoms with van der Waals surface area (Å²) in [5.41, 5.74) is -0.0770. The number of nitrogens with one attached hydrogen (secondary N) is 2. The predicted octanol–water partition coefficient (Wildman–Crippen LogP) is 2.90. The van der Waals surface area contributed by atoms with Crippen molar-refractivity contribution >= 4 is 17.8 Å². The highest BCUT2D eigenvalue weighted by Gasteiger charge is 2.33. The highest BCUT2D eigenvalue weighted by Crippen LogP contribution is 2.32. The molecule has 0 saturated heterocycles. The molecule has 0 spiro atoms. The number of benzene rings is 1. The zero-order valence-corrected chi connectivity index (χ0v) is 20.4. The maximum atomic E-state index is 13.2. The van der Waals surface area contributed by atoms with Crippen LogP contribution in [0.2, 0.25) is 0 Å². The number of rotatable bonds is 8. The van der Waals surface area contributed by atoms with Gasteiger partial charge in [0.1, 0.15) is 5.60 Å². The van der Waals surface area contributed by atoms with Gasteiger partial charge in [-0.05, 0) is 39.2 Å². The smallest absolute Gasteiger partial charge is 0.408 e. The van der Waals surface area contributed by atoms with E-state index in [1.807, 2.05) is 6.07 Å². The number of nitrogens with two attached hydrogens (primary N) is 1. The third kappa shape index (κ3) is 6.43. The molecule has 6 N–H and O–H groups in total. The molecule has 34 heavy (non-hydrogen) atoms. The van der Waals surface area contributed by atoms with Gasteiger partial charge >= 0.3 is 6.09 Å². The van der Waals surface area contributed by atoms with E-state index in [0.717, 1.165) is 0 Å². The first-order valence-corrected chi connectivity index (χ1v) is 11.0. The van der Waals surface area contributed by atoms with Crippen LogP contribution in [-0.2, 0) is 9.53 Å². The summed E-state index contributed by atoms with van der Waals surface area (Å²) >= 11 is 0. The summed E-state index contributed by atoms with van der Waals surface area (Å²) in [6.45, 7) is 10.1. The summed E-state index contributed by atoms with van der Waals surface area (Å²) in [7, 11) is 0. The van der Waals surface area contributed by atoms with Crippen molar-refractivity contribution in [3.8, 4) is 11.8 Å². The standard InChI is InChI=1S/C24H34N4O6/c1-13(2)19(20(30)18-14(3)21(31)28(25)22(18)32)27-17(29)12-16(15-10-8-7-9-11-15)26-23(33)34-24(4,5)6/h7-11,13,16,19,31-32H,12,25H2,1-6H3,(H,26,33)(H,27,29)/t16-,19-/m0/s1. The number of nitrogens with zero attached hydrogens (tertiary/aromatic N) is 1. The minimum Gasteiger partial charge on any atom is -0.493 e. The second-order valence-corrected chi connectivity index (χ2v) is 9.48. The van der Waals surface area contributed by atoms with Crippen LogP contribution < -0.4 is 16.5 Å². The van der Waals surface area contributed by atoms with Gasteiger partial charge in [0.25, 0.3) is 0 Å². The van der Waals surface area contributed by atoms with Crippen LogP contribution >= 0.6 is 0 Å². The maximum absolute atomic E-state index is 13.2. The van der Waals surface area contributed by atoms with Crippen LogP contribution in [0.5, 0.6) is 11.8 Å². The van der Waals surface area contributed by atoms with Crippen molar-refractivity contribution in [3.05, 3.63) is 47.0 Å². The molecule has 1 aromatic carbocycles. The van der Waals surface area contributed by atoms with Gasteiger partial charge in [-0.25, -0.2) is 4.79 Å². The first kappa shape index (κ1) is 26.6. The fraction of sp³-hybridized carbons (Fsp3) is 0.458. The fourth-order valence-corrected chi connectivity index (χ4v) is 3.47. The number of nitrogen functional groups attached to an aromatic ring is 1. The molecule has 2 rings (SSSR count). The van der Waals surface area contributed by atoms with Gasteiger partial charge in [-0.1, -0.05) is 44.2 Å². The van der Waals surface area contributed by atoms with Crippen LogP contribution in [0, 0.1) is 12.8 Å². The van der Waals surface area contributed by atoms with E-state index in [1.165, 1.54) is 6.92 Å². The highest BCUT2D eigenvalue weighted by molar-refractivity contribution is 6.05. The number of carbonyl (C=O) groups is 3. The quantitative estimate of drug-likeness (QED) is 0.291. The summed E-state index contributed by atoms with van der Waals surface area (Å²) in [6.07, 6.45) is -0.834. The van der Waals surface area contributed by atoms with Gasteiger partial charge in [-0.3, -0.25) is 9.59 Å². The maximum Gasteiger partial charge on any atom is 0.408 e. The van der Waals surface area contributed by atoms with E-state index in [9.17, 15) is 24.6 Å². The molecule has 0 aliphatic rings. The van der Waals surface area contributed by atoms with Gasteiger partial charge in [0.15, 0.2) is 5.78 Å². The molecule has 10 nitrogen and oxygen atoms in total. The average molecular weight is 475 g/mol. The molecule has 1 aromatic heterocycles. The Morgan fingerprint density at radius 1 is 1.06 bits per heavy atom. The molecular weight excluding hydrogens is 440 g/mol. The molecule has 0 bridgehead atoms. The van der Waals surface area contributed by atoms with E-state index in [1.54, 1.807) is 58.9 Å². The molecule has 2 aromatic rings. The summed E-state index contributed by atoms with van der Waals surface area (Å²) in [6, 6.07) is 7.22. The molecule has 0 unspecified atom stereocenters. The number of hydrogen-bond donors (Lipinski definition) is 5. The molecule has 10 heteroatoms. The van der Waals surface area contributed by atoms with Crippen LogP contribution in [-0.4, -0.2) is 44.3 Å². The Kier molecular flexibility index (Phi) is 8.20. The number of ether oxygens (including phenoxy) is 1. The third-order valence-electron chi connectivity index (χ3n) is 5.18. The minimum absolute atomic E-state index is 0.110. The molecule has 0 fully saturated rings. The zero-order valence-electron chi connectivity index (χ0n) is 20.4. The molecule has 0 aliphatic heterocycles. The monoisotopic (exact) mass is 474 g/mol. The topological polar surface area (TPSA) is 156 Å². The van der Waals surface area contributed by atoms with E-state index in [2.05, 4.69) is 10.6 Å². The number of carbonyl (C=O) groups excluding carboxylic acids is 3. The van der Waals surface area contributed by atoms with Crippen molar-refractivity contribution in [1.29, 1.82) is 0 Å². The summed E-state index contributed by atoms with van der Waals surface area (Å²) in [5, 5.41) is 25.6. The van der Waals surface area contributed by atoms with Gasteiger partial charge in [0, 0.05) is 5.56 Å². The molecule has 2 atom stereocenters. The Morgan fingerprint density at radius 2 is 1.65 bits per heavy atom. The number of ketones is 1. The van der Waals surface area contributed by atoms with Crippen LogP contribution in [0.15, 0.2) is 30.3 Å². The summed E-state index contributed by atoms with van der Waals surface area (Å²) < 4.78 is 5.93. The van der Waals surface area contributed by atoms with Gasteiger partial charge in [-0.2, -0.15) is 4.68 Å². The Bertz CT molecular complexity index is 1010. The lowest BCUT2D eigenvalue weighted by Gasteiger charge is -2.25. The van der Waals surface area contributed by atoms with Crippen molar-refractivity contribution in [3.63, 3.8) is 0 Å². The van der Waals surface area contributed by atoms with Crippen LogP contribution in [0.25, 0.3) is 0 Å². The lowest BCUT2D eigenvalue weighted by Crippen LogP contribution is -2.46. The lowest BCUT2D eigenvalue weighted by molar-refractivity contribution is -0.122. The predicted molar refractivity (Wildman–Crippen MR) is 127 cm³/mol. The molecule has 1 heterocycles. The van der Waals surface area contributed by atoms with E-state index in [-0.39, 0.29) is 23.5 Å². The van der Waals surface area contributed by atoms with Gasteiger partial charge in [-0.15, -0.1) is 0 Å². The third-order valence-corrected chi connectivity index (χ3v) is 5.18. The number of amides is 2. The van der Waals surface area contributed by atoms with E-state index in [4.69, 9.17) is 10.6 Å². The van der Waals surface area contributed by atoms with Crippen molar-refractivity contribution < 1.29 is 29.3 Å². The molecule has 0 saturated carbocycles. The Balaban J connectivity index is 2.24. The van der Waals surface area contributed by atoms with Gasteiger partial charge in [0.05, 0.1) is 24.1 Å².